The number of nitrogens with one attached hydrogen (secondary N) is 1. The van der Waals surface area contributed by atoms with Crippen molar-refractivity contribution in [1.82, 2.24) is 5.32 Å². The Kier molecular flexibility index (Phi) is 7.87. The first-order valence-electron chi connectivity index (χ1n) is 8.82. The summed E-state index contributed by atoms with van der Waals surface area (Å²) in [6.07, 6.45) is -0.990. The molecule has 3 N–H and O–H groups in total. The van der Waals surface area contributed by atoms with Gasteiger partial charge in [-0.25, -0.2) is 0 Å². The maximum absolute atomic E-state index is 12.4. The maximum Gasteiger partial charge on any atom is 0.207 e. The van der Waals surface area contributed by atoms with Crippen LogP contribution in [0.3, 0.4) is 0 Å². The van der Waals surface area contributed by atoms with E-state index in [9.17, 15) is 14.6 Å². The normalized spacial score (nSPS) is 15.6. The maximum atomic E-state index is 12.4. The lowest BCUT2D eigenvalue weighted by atomic mass is 10.1. The van der Waals surface area contributed by atoms with Crippen LogP contribution < -0.4 is 14.8 Å². The molecule has 0 amide bonds. The van der Waals surface area contributed by atoms with Gasteiger partial charge in [0.2, 0.25) is 7.37 Å². The number of methoxy groups -OCH3 is 2. The lowest BCUT2D eigenvalue weighted by Gasteiger charge is -2.20. The minimum atomic E-state index is -3.45. The molecule has 0 saturated carbocycles. The summed E-state index contributed by atoms with van der Waals surface area (Å²) in [6.45, 7) is 2.17. The van der Waals surface area contributed by atoms with Crippen molar-refractivity contribution in [3.05, 3.63) is 59.7 Å². The molecule has 0 bridgehead atoms. The minimum absolute atomic E-state index is 0.0633. The van der Waals surface area contributed by atoms with Gasteiger partial charge in [-0.05, 0) is 30.2 Å². The van der Waals surface area contributed by atoms with Crippen molar-refractivity contribution < 1.29 is 24.0 Å². The summed E-state index contributed by atoms with van der Waals surface area (Å²) in [4.78, 5) is 10.2. The highest BCUT2D eigenvalue weighted by Gasteiger charge is 2.24. The van der Waals surface area contributed by atoms with E-state index < -0.39 is 13.5 Å². The molecule has 0 saturated heterocycles. The number of hydrogen-bond donors (Lipinski definition) is 3. The molecule has 148 valence electrons. The molecule has 2 aromatic carbocycles. The molecular formula is C20H28NO5P. The fourth-order valence-electron chi connectivity index (χ4n) is 2.88. The van der Waals surface area contributed by atoms with Gasteiger partial charge in [0.1, 0.15) is 0 Å². The molecule has 0 aromatic heterocycles. The predicted molar refractivity (Wildman–Crippen MR) is 107 cm³/mol. The van der Waals surface area contributed by atoms with E-state index in [2.05, 4.69) is 5.32 Å². The molecular weight excluding hydrogens is 365 g/mol. The van der Waals surface area contributed by atoms with Crippen molar-refractivity contribution in [2.45, 2.75) is 25.2 Å². The van der Waals surface area contributed by atoms with Gasteiger partial charge in [-0.2, -0.15) is 0 Å². The average Bonchev–Trinajstić information content (AvgIpc) is 2.65. The monoisotopic (exact) mass is 393 g/mol. The molecule has 27 heavy (non-hydrogen) atoms. The van der Waals surface area contributed by atoms with Crippen molar-refractivity contribution in [3.63, 3.8) is 0 Å². The van der Waals surface area contributed by atoms with Gasteiger partial charge in [-0.15, -0.1) is 0 Å². The van der Waals surface area contributed by atoms with Crippen molar-refractivity contribution >= 4 is 7.37 Å². The quantitative estimate of drug-likeness (QED) is 0.538. The van der Waals surface area contributed by atoms with E-state index in [1.807, 2.05) is 55.5 Å². The SMILES string of the molecule is COc1ccc(C(C)NCC(O)CP(=O)(O)Cc2ccccc2)cc1OC. The lowest BCUT2D eigenvalue weighted by Crippen LogP contribution is -2.31. The van der Waals surface area contributed by atoms with Gasteiger partial charge >= 0.3 is 0 Å². The second kappa shape index (κ2) is 9.90. The number of rotatable bonds is 10. The van der Waals surface area contributed by atoms with Gasteiger partial charge in [-0.3, -0.25) is 4.57 Å². The Labute approximate surface area is 160 Å². The second-order valence-electron chi connectivity index (χ2n) is 6.57. The van der Waals surface area contributed by atoms with E-state index in [0.29, 0.717) is 11.5 Å². The zero-order valence-corrected chi connectivity index (χ0v) is 16.9. The molecule has 0 aliphatic heterocycles. The van der Waals surface area contributed by atoms with Crippen LogP contribution >= 0.6 is 7.37 Å². The zero-order valence-electron chi connectivity index (χ0n) is 16.0. The Hall–Kier alpha value is -1.85. The third-order valence-corrected chi connectivity index (χ3v) is 6.19. The van der Waals surface area contributed by atoms with Crippen molar-refractivity contribution in [1.29, 1.82) is 0 Å². The summed E-state index contributed by atoms with van der Waals surface area (Å²) in [6, 6.07) is 14.7. The molecule has 7 heteroatoms. The van der Waals surface area contributed by atoms with Crippen LogP contribution in [-0.4, -0.2) is 43.0 Å². The predicted octanol–water partition coefficient (Wildman–Crippen LogP) is 3.19. The van der Waals surface area contributed by atoms with Crippen LogP contribution in [0.5, 0.6) is 11.5 Å². The van der Waals surface area contributed by atoms with Crippen LogP contribution in [0.15, 0.2) is 48.5 Å². The van der Waals surface area contributed by atoms with Crippen molar-refractivity contribution in [3.8, 4) is 11.5 Å². The number of aliphatic hydroxyl groups is 1. The molecule has 0 aliphatic rings. The molecule has 2 aromatic rings. The summed E-state index contributed by atoms with van der Waals surface area (Å²) in [5.41, 5.74) is 1.76. The third kappa shape index (κ3) is 6.67. The van der Waals surface area contributed by atoms with Crippen LogP contribution in [0.2, 0.25) is 0 Å². The summed E-state index contributed by atoms with van der Waals surface area (Å²) in [5.74, 6) is 1.28. The van der Waals surface area contributed by atoms with E-state index in [-0.39, 0.29) is 24.9 Å². The van der Waals surface area contributed by atoms with Gasteiger partial charge in [0.15, 0.2) is 11.5 Å². The summed E-state index contributed by atoms with van der Waals surface area (Å²) >= 11 is 0. The van der Waals surface area contributed by atoms with Crippen LogP contribution in [0.4, 0.5) is 0 Å². The van der Waals surface area contributed by atoms with Gasteiger partial charge in [0.25, 0.3) is 0 Å². The van der Waals surface area contributed by atoms with Crippen molar-refractivity contribution in [2.24, 2.45) is 0 Å². The Morgan fingerprint density at radius 3 is 2.37 bits per heavy atom. The van der Waals surface area contributed by atoms with E-state index in [0.717, 1.165) is 11.1 Å². The second-order valence-corrected chi connectivity index (χ2v) is 8.94. The molecule has 0 fully saturated rings. The first-order chi connectivity index (χ1) is 12.8. The van der Waals surface area contributed by atoms with Crippen LogP contribution in [0.1, 0.15) is 24.1 Å². The molecule has 2 rings (SSSR count). The first-order valence-corrected chi connectivity index (χ1v) is 10.9. The Morgan fingerprint density at radius 2 is 1.74 bits per heavy atom. The minimum Gasteiger partial charge on any atom is -0.493 e. The molecule has 0 aliphatic carbocycles. The summed E-state index contributed by atoms with van der Waals surface area (Å²) in [5, 5.41) is 13.4. The van der Waals surface area contributed by atoms with Crippen LogP contribution in [-0.2, 0) is 10.7 Å². The summed E-state index contributed by atoms with van der Waals surface area (Å²) < 4.78 is 22.9. The lowest BCUT2D eigenvalue weighted by molar-refractivity contribution is 0.186. The molecule has 0 radical (unpaired) electrons. The topological polar surface area (TPSA) is 88.0 Å². The zero-order chi connectivity index (χ0) is 19.9. The third-order valence-electron chi connectivity index (χ3n) is 4.34. The Morgan fingerprint density at radius 1 is 1.07 bits per heavy atom. The average molecular weight is 393 g/mol. The number of benzene rings is 2. The van der Waals surface area contributed by atoms with Gasteiger partial charge in [-0.1, -0.05) is 36.4 Å². The fourth-order valence-corrected chi connectivity index (χ4v) is 4.58. The van der Waals surface area contributed by atoms with Crippen molar-refractivity contribution in [2.75, 3.05) is 26.9 Å². The Bertz CT molecular complexity index is 768. The highest BCUT2D eigenvalue weighted by atomic mass is 31.2. The standard InChI is InChI=1S/C20H28NO5P/c1-15(17-9-10-19(25-2)20(11-17)26-3)21-12-18(22)14-27(23,24)13-16-7-5-4-6-8-16/h4-11,15,18,21-22H,12-14H2,1-3H3,(H,23,24). The smallest absolute Gasteiger partial charge is 0.207 e. The Balaban J connectivity index is 1.89. The van der Waals surface area contributed by atoms with Gasteiger partial charge < -0.3 is 24.8 Å². The molecule has 3 unspecified atom stereocenters. The van der Waals surface area contributed by atoms with E-state index in [4.69, 9.17) is 9.47 Å². The highest BCUT2D eigenvalue weighted by molar-refractivity contribution is 7.57. The van der Waals surface area contributed by atoms with Gasteiger partial charge in [0, 0.05) is 18.7 Å². The number of hydrogen-bond acceptors (Lipinski definition) is 5. The largest absolute Gasteiger partial charge is 0.493 e. The highest BCUT2D eigenvalue weighted by Crippen LogP contribution is 2.44. The first kappa shape index (κ1) is 21.5. The van der Waals surface area contributed by atoms with E-state index in [1.165, 1.54) is 0 Å². The van der Waals surface area contributed by atoms with E-state index in [1.54, 1.807) is 14.2 Å². The summed E-state index contributed by atoms with van der Waals surface area (Å²) in [7, 11) is -0.292. The number of aliphatic hydroxyl groups excluding tert-OH is 1. The van der Waals surface area contributed by atoms with Crippen LogP contribution in [0.25, 0.3) is 0 Å². The number of ether oxygens (including phenoxy) is 2. The molecule has 6 nitrogen and oxygen atoms in total. The molecule has 0 spiro atoms. The van der Waals surface area contributed by atoms with Gasteiger partial charge in [0.05, 0.1) is 26.5 Å². The molecule has 0 heterocycles. The molecule has 3 atom stereocenters. The van der Waals surface area contributed by atoms with E-state index >= 15 is 0 Å². The fraction of sp³-hybridized carbons (Fsp3) is 0.400. The van der Waals surface area contributed by atoms with Crippen LogP contribution in [0, 0.1) is 0 Å².